The van der Waals surface area contributed by atoms with Crippen LogP contribution in [0.4, 0.5) is 5.69 Å². The normalized spacial score (nSPS) is 10.4. The minimum Gasteiger partial charge on any atom is -0.342 e. The van der Waals surface area contributed by atoms with Gasteiger partial charge in [0.15, 0.2) is 0 Å². The summed E-state index contributed by atoms with van der Waals surface area (Å²) in [6.07, 6.45) is 0. The number of hydrogen-bond donors (Lipinski definition) is 2. The van der Waals surface area contributed by atoms with Crippen LogP contribution in [0.5, 0.6) is 0 Å². The van der Waals surface area contributed by atoms with E-state index in [2.05, 4.69) is 31.5 Å². The number of carbonyl (C=O) groups is 2. The minimum absolute atomic E-state index is 0.0786. The maximum Gasteiger partial charge on any atom is 0.263 e. The number of amides is 2. The van der Waals surface area contributed by atoms with Crippen molar-refractivity contribution in [2.24, 2.45) is 0 Å². The number of nitrogens with one attached hydrogen (secondary N) is 2. The molecular formula is C15H16BrN3O2S. The van der Waals surface area contributed by atoms with Crippen LogP contribution in [0.1, 0.15) is 25.9 Å². The molecule has 2 rings (SSSR count). The van der Waals surface area contributed by atoms with Crippen LogP contribution in [0.2, 0.25) is 0 Å². The summed E-state index contributed by atoms with van der Waals surface area (Å²) in [4.78, 5) is 28.7. The van der Waals surface area contributed by atoms with Gasteiger partial charge in [0.05, 0.1) is 17.2 Å². The van der Waals surface area contributed by atoms with Gasteiger partial charge in [0.25, 0.3) is 5.91 Å². The summed E-state index contributed by atoms with van der Waals surface area (Å²) in [5.41, 5.74) is 2.36. The van der Waals surface area contributed by atoms with E-state index >= 15 is 0 Å². The zero-order valence-electron chi connectivity index (χ0n) is 12.5. The number of hydrogen-bond acceptors (Lipinski definition) is 4. The highest BCUT2D eigenvalue weighted by Gasteiger charge is 2.14. The molecule has 0 fully saturated rings. The molecule has 5 nitrogen and oxygen atoms in total. The molecule has 1 heterocycles. The summed E-state index contributed by atoms with van der Waals surface area (Å²) in [5.74, 6) is -0.538. The Balaban J connectivity index is 1.92. The third kappa shape index (κ3) is 4.14. The third-order valence-corrected chi connectivity index (χ3v) is 4.55. The Morgan fingerprint density at radius 2 is 2.00 bits per heavy atom. The lowest BCUT2D eigenvalue weighted by atomic mass is 10.2. The number of benzene rings is 1. The zero-order valence-corrected chi connectivity index (χ0v) is 14.9. The van der Waals surface area contributed by atoms with Crippen LogP contribution in [0.15, 0.2) is 22.7 Å². The molecule has 1 aromatic heterocycles. The Hall–Kier alpha value is -1.73. The fourth-order valence-corrected chi connectivity index (χ4v) is 3.26. The van der Waals surface area contributed by atoms with Crippen molar-refractivity contribution in [2.45, 2.75) is 20.8 Å². The van der Waals surface area contributed by atoms with Crippen LogP contribution in [0.3, 0.4) is 0 Å². The smallest absolute Gasteiger partial charge is 0.263 e. The Morgan fingerprint density at radius 1 is 1.27 bits per heavy atom. The molecule has 0 radical (unpaired) electrons. The van der Waals surface area contributed by atoms with E-state index < -0.39 is 0 Å². The first-order chi connectivity index (χ1) is 10.4. The first kappa shape index (κ1) is 16.6. The standard InChI is InChI=1S/C15H16BrN3O2S/c1-8-6-11(16)4-5-12(8)19-13(20)7-17-15(21)14-9(2)18-10(3)22-14/h4-6H,7H2,1-3H3,(H,17,21)(H,19,20). The second-order valence-electron chi connectivity index (χ2n) is 4.84. The molecule has 1 aromatic carbocycles. The maximum atomic E-state index is 12.0. The lowest BCUT2D eigenvalue weighted by Crippen LogP contribution is -2.32. The van der Waals surface area contributed by atoms with Crippen molar-refractivity contribution in [1.82, 2.24) is 10.3 Å². The van der Waals surface area contributed by atoms with Gasteiger partial charge in [-0.25, -0.2) is 4.98 Å². The average Bonchev–Trinajstić information content (AvgIpc) is 2.78. The molecule has 2 N–H and O–H groups in total. The van der Waals surface area contributed by atoms with Crippen molar-refractivity contribution in [3.63, 3.8) is 0 Å². The fourth-order valence-electron chi connectivity index (χ4n) is 1.94. The van der Waals surface area contributed by atoms with E-state index in [-0.39, 0.29) is 18.4 Å². The average molecular weight is 382 g/mol. The quantitative estimate of drug-likeness (QED) is 0.853. The van der Waals surface area contributed by atoms with Gasteiger partial charge in [-0.2, -0.15) is 0 Å². The summed E-state index contributed by atoms with van der Waals surface area (Å²) in [7, 11) is 0. The van der Waals surface area contributed by atoms with Gasteiger partial charge in [0.2, 0.25) is 5.91 Å². The number of halogens is 1. The zero-order chi connectivity index (χ0) is 16.3. The van der Waals surface area contributed by atoms with Gasteiger partial charge in [-0.3, -0.25) is 9.59 Å². The summed E-state index contributed by atoms with van der Waals surface area (Å²) in [5, 5.41) is 6.22. The largest absolute Gasteiger partial charge is 0.342 e. The van der Waals surface area contributed by atoms with Crippen molar-refractivity contribution in [2.75, 3.05) is 11.9 Å². The van der Waals surface area contributed by atoms with Crippen LogP contribution in [-0.2, 0) is 4.79 Å². The van der Waals surface area contributed by atoms with E-state index in [1.807, 2.05) is 32.0 Å². The molecule has 0 aliphatic heterocycles. The van der Waals surface area contributed by atoms with Crippen LogP contribution in [0.25, 0.3) is 0 Å². The van der Waals surface area contributed by atoms with E-state index in [0.29, 0.717) is 10.6 Å². The first-order valence-corrected chi connectivity index (χ1v) is 8.26. The van der Waals surface area contributed by atoms with Gasteiger partial charge in [0.1, 0.15) is 4.88 Å². The third-order valence-electron chi connectivity index (χ3n) is 2.98. The molecular weight excluding hydrogens is 366 g/mol. The van der Waals surface area contributed by atoms with Crippen molar-refractivity contribution in [3.8, 4) is 0 Å². The fraction of sp³-hybridized carbons (Fsp3) is 0.267. The van der Waals surface area contributed by atoms with Crippen molar-refractivity contribution in [1.29, 1.82) is 0 Å². The summed E-state index contributed by atoms with van der Waals surface area (Å²) < 4.78 is 0.951. The molecule has 0 aliphatic rings. The molecule has 0 aliphatic carbocycles. The van der Waals surface area contributed by atoms with Gasteiger partial charge in [0, 0.05) is 10.2 Å². The summed E-state index contributed by atoms with van der Waals surface area (Å²) in [6.45, 7) is 5.45. The number of thiazole rings is 1. The summed E-state index contributed by atoms with van der Waals surface area (Å²) in [6, 6.07) is 5.58. The number of nitrogens with zero attached hydrogens (tertiary/aromatic N) is 1. The monoisotopic (exact) mass is 381 g/mol. The van der Waals surface area contributed by atoms with Gasteiger partial charge >= 0.3 is 0 Å². The molecule has 0 atom stereocenters. The van der Waals surface area contributed by atoms with E-state index in [1.54, 1.807) is 6.92 Å². The van der Waals surface area contributed by atoms with E-state index in [4.69, 9.17) is 0 Å². The second kappa shape index (κ2) is 7.02. The predicted octanol–water partition coefficient (Wildman–Crippen LogP) is 3.20. The molecule has 0 unspecified atom stereocenters. The van der Waals surface area contributed by atoms with Gasteiger partial charge in [-0.15, -0.1) is 11.3 Å². The molecule has 2 amide bonds. The highest BCUT2D eigenvalue weighted by molar-refractivity contribution is 9.10. The number of aromatic nitrogens is 1. The van der Waals surface area contributed by atoms with Crippen LogP contribution in [-0.4, -0.2) is 23.3 Å². The van der Waals surface area contributed by atoms with Crippen LogP contribution in [0, 0.1) is 20.8 Å². The minimum atomic E-state index is -0.272. The number of carbonyl (C=O) groups excluding carboxylic acids is 2. The van der Waals surface area contributed by atoms with Crippen LogP contribution >= 0.6 is 27.3 Å². The van der Waals surface area contributed by atoms with Gasteiger partial charge < -0.3 is 10.6 Å². The number of rotatable bonds is 4. The number of aryl methyl sites for hydroxylation is 3. The Kier molecular flexibility index (Phi) is 5.31. The maximum absolute atomic E-state index is 12.0. The van der Waals surface area contributed by atoms with Gasteiger partial charge in [-0.05, 0) is 44.5 Å². The number of anilines is 1. The Bertz CT molecular complexity index is 728. The second-order valence-corrected chi connectivity index (χ2v) is 6.96. The molecule has 116 valence electrons. The van der Waals surface area contributed by atoms with E-state index in [9.17, 15) is 9.59 Å². The molecule has 0 saturated carbocycles. The SMILES string of the molecule is Cc1nc(C)c(C(=O)NCC(=O)Nc2ccc(Br)cc2C)s1. The molecule has 0 bridgehead atoms. The van der Waals surface area contributed by atoms with Crippen LogP contribution < -0.4 is 10.6 Å². The predicted molar refractivity (Wildman–Crippen MR) is 91.4 cm³/mol. The van der Waals surface area contributed by atoms with Crippen molar-refractivity contribution < 1.29 is 9.59 Å². The highest BCUT2D eigenvalue weighted by atomic mass is 79.9. The lowest BCUT2D eigenvalue weighted by Gasteiger charge is -2.09. The summed E-state index contributed by atoms with van der Waals surface area (Å²) >= 11 is 4.69. The molecule has 7 heteroatoms. The molecule has 0 saturated heterocycles. The highest BCUT2D eigenvalue weighted by Crippen LogP contribution is 2.20. The van der Waals surface area contributed by atoms with Crippen molar-refractivity contribution in [3.05, 3.63) is 43.8 Å². The van der Waals surface area contributed by atoms with E-state index in [1.165, 1.54) is 11.3 Å². The Labute approximate surface area is 141 Å². The van der Waals surface area contributed by atoms with Gasteiger partial charge in [-0.1, -0.05) is 15.9 Å². The molecule has 0 spiro atoms. The topological polar surface area (TPSA) is 71.1 Å². The first-order valence-electron chi connectivity index (χ1n) is 6.65. The lowest BCUT2D eigenvalue weighted by molar-refractivity contribution is -0.115. The van der Waals surface area contributed by atoms with E-state index in [0.717, 1.165) is 20.7 Å². The molecule has 2 aromatic rings. The Morgan fingerprint density at radius 3 is 2.59 bits per heavy atom. The van der Waals surface area contributed by atoms with Crippen molar-refractivity contribution >= 4 is 44.8 Å². The molecule has 22 heavy (non-hydrogen) atoms.